The van der Waals surface area contributed by atoms with Crippen LogP contribution in [-0.2, 0) is 16.1 Å². The van der Waals surface area contributed by atoms with Crippen LogP contribution in [0, 0.1) is 11.3 Å². The Labute approximate surface area is 176 Å². The van der Waals surface area contributed by atoms with Crippen molar-refractivity contribution < 1.29 is 14.4 Å². The highest BCUT2D eigenvalue weighted by Crippen LogP contribution is 2.15. The second kappa shape index (κ2) is 11.4. The SMILES string of the molecule is CN(C)C(=O)c1ccc(CNC(=O)CCC(=O)N(CCC#N)c2ccccc2)cc1. The van der Waals surface area contributed by atoms with Crippen LogP contribution in [0.4, 0.5) is 5.69 Å². The molecule has 7 heteroatoms. The largest absolute Gasteiger partial charge is 0.352 e. The number of para-hydroxylation sites is 1. The molecule has 0 unspecified atom stereocenters. The molecule has 0 aromatic heterocycles. The first-order valence-electron chi connectivity index (χ1n) is 9.72. The first kappa shape index (κ1) is 22.6. The Bertz CT molecular complexity index is 902. The molecule has 2 aromatic rings. The lowest BCUT2D eigenvalue weighted by Gasteiger charge is -2.21. The molecule has 0 heterocycles. The molecule has 0 bridgehead atoms. The second-order valence-corrected chi connectivity index (χ2v) is 6.96. The van der Waals surface area contributed by atoms with E-state index in [-0.39, 0.29) is 37.0 Å². The Morgan fingerprint density at radius 1 is 0.967 bits per heavy atom. The number of benzene rings is 2. The van der Waals surface area contributed by atoms with E-state index in [1.54, 1.807) is 50.5 Å². The Kier molecular flexibility index (Phi) is 8.57. The molecule has 7 nitrogen and oxygen atoms in total. The van der Waals surface area contributed by atoms with Crippen LogP contribution >= 0.6 is 0 Å². The predicted octanol–water partition coefficient (Wildman–Crippen LogP) is 2.73. The third kappa shape index (κ3) is 6.74. The normalized spacial score (nSPS) is 10.0. The minimum Gasteiger partial charge on any atom is -0.352 e. The number of amides is 3. The molecule has 0 aliphatic carbocycles. The fraction of sp³-hybridized carbons (Fsp3) is 0.304. The number of anilines is 1. The molecular weight excluding hydrogens is 380 g/mol. The number of hydrogen-bond donors (Lipinski definition) is 1. The van der Waals surface area contributed by atoms with E-state index in [0.717, 1.165) is 5.56 Å². The third-order valence-electron chi connectivity index (χ3n) is 4.48. The molecule has 3 amide bonds. The van der Waals surface area contributed by atoms with E-state index < -0.39 is 0 Å². The molecule has 0 fully saturated rings. The molecular formula is C23H26N4O3. The Morgan fingerprint density at radius 2 is 1.63 bits per heavy atom. The molecule has 1 N–H and O–H groups in total. The van der Waals surface area contributed by atoms with E-state index in [4.69, 9.17) is 5.26 Å². The quantitative estimate of drug-likeness (QED) is 0.693. The van der Waals surface area contributed by atoms with Gasteiger partial charge in [-0.2, -0.15) is 5.26 Å². The van der Waals surface area contributed by atoms with Gasteiger partial charge in [0.1, 0.15) is 0 Å². The van der Waals surface area contributed by atoms with Gasteiger partial charge in [-0.05, 0) is 29.8 Å². The summed E-state index contributed by atoms with van der Waals surface area (Å²) in [5, 5.41) is 11.6. The van der Waals surface area contributed by atoms with Crippen molar-refractivity contribution >= 4 is 23.4 Å². The fourth-order valence-corrected chi connectivity index (χ4v) is 2.84. The summed E-state index contributed by atoms with van der Waals surface area (Å²) in [6.07, 6.45) is 0.341. The average molecular weight is 406 g/mol. The van der Waals surface area contributed by atoms with Crippen LogP contribution < -0.4 is 10.2 Å². The van der Waals surface area contributed by atoms with E-state index in [9.17, 15) is 14.4 Å². The lowest BCUT2D eigenvalue weighted by atomic mass is 10.1. The summed E-state index contributed by atoms with van der Waals surface area (Å²) in [5.41, 5.74) is 2.16. The third-order valence-corrected chi connectivity index (χ3v) is 4.48. The summed E-state index contributed by atoms with van der Waals surface area (Å²) in [7, 11) is 3.38. The van der Waals surface area contributed by atoms with E-state index in [1.165, 1.54) is 9.80 Å². The van der Waals surface area contributed by atoms with Crippen LogP contribution in [0.25, 0.3) is 0 Å². The zero-order chi connectivity index (χ0) is 21.9. The summed E-state index contributed by atoms with van der Waals surface area (Å²) in [4.78, 5) is 39.7. The van der Waals surface area contributed by atoms with Gasteiger partial charge in [0.15, 0.2) is 0 Å². The topological polar surface area (TPSA) is 93.5 Å². The van der Waals surface area contributed by atoms with Crippen LogP contribution in [0.3, 0.4) is 0 Å². The highest BCUT2D eigenvalue weighted by Gasteiger charge is 2.16. The van der Waals surface area contributed by atoms with Crippen molar-refractivity contribution in [3.63, 3.8) is 0 Å². The number of nitrogens with zero attached hydrogens (tertiary/aromatic N) is 3. The number of nitriles is 1. The van der Waals surface area contributed by atoms with Crippen LogP contribution in [-0.4, -0.2) is 43.3 Å². The van der Waals surface area contributed by atoms with Gasteiger partial charge >= 0.3 is 0 Å². The van der Waals surface area contributed by atoms with Crippen LogP contribution in [0.2, 0.25) is 0 Å². The van der Waals surface area contributed by atoms with Gasteiger partial charge in [0, 0.05) is 51.3 Å². The van der Waals surface area contributed by atoms with Gasteiger partial charge in [-0.25, -0.2) is 0 Å². The molecule has 2 rings (SSSR count). The number of nitrogens with one attached hydrogen (secondary N) is 1. The van der Waals surface area contributed by atoms with Crippen molar-refractivity contribution in [2.45, 2.75) is 25.8 Å². The van der Waals surface area contributed by atoms with Gasteiger partial charge in [0.05, 0.1) is 12.5 Å². The maximum absolute atomic E-state index is 12.6. The van der Waals surface area contributed by atoms with Crippen LogP contribution in [0.1, 0.15) is 35.2 Å². The summed E-state index contributed by atoms with van der Waals surface area (Å²) < 4.78 is 0. The van der Waals surface area contributed by atoms with Gasteiger partial charge in [-0.3, -0.25) is 14.4 Å². The van der Waals surface area contributed by atoms with Gasteiger partial charge in [-0.1, -0.05) is 30.3 Å². The van der Waals surface area contributed by atoms with E-state index in [0.29, 0.717) is 24.3 Å². The van der Waals surface area contributed by atoms with E-state index in [2.05, 4.69) is 5.32 Å². The lowest BCUT2D eigenvalue weighted by Crippen LogP contribution is -2.33. The number of rotatable bonds is 9. The first-order chi connectivity index (χ1) is 14.4. The molecule has 156 valence electrons. The minimum atomic E-state index is -0.231. The van der Waals surface area contributed by atoms with Gasteiger partial charge < -0.3 is 15.1 Å². The summed E-state index contributed by atoms with van der Waals surface area (Å²) in [6.45, 7) is 0.610. The van der Waals surface area contributed by atoms with Crippen molar-refractivity contribution in [2.24, 2.45) is 0 Å². The zero-order valence-corrected chi connectivity index (χ0v) is 17.3. The monoisotopic (exact) mass is 406 g/mol. The number of hydrogen-bond acceptors (Lipinski definition) is 4. The maximum atomic E-state index is 12.6. The fourth-order valence-electron chi connectivity index (χ4n) is 2.84. The summed E-state index contributed by atoms with van der Waals surface area (Å²) in [6, 6.07) is 18.2. The molecule has 2 aromatic carbocycles. The molecule has 30 heavy (non-hydrogen) atoms. The molecule has 0 aliphatic heterocycles. The number of carbonyl (C=O) groups excluding carboxylic acids is 3. The van der Waals surface area contributed by atoms with E-state index >= 15 is 0 Å². The van der Waals surface area contributed by atoms with Crippen LogP contribution in [0.15, 0.2) is 54.6 Å². The Balaban J connectivity index is 1.85. The van der Waals surface area contributed by atoms with Crippen LogP contribution in [0.5, 0.6) is 0 Å². The molecule has 0 spiro atoms. The van der Waals surface area contributed by atoms with Gasteiger partial charge in [-0.15, -0.1) is 0 Å². The standard InChI is InChI=1S/C23H26N4O3/c1-26(2)23(30)19-11-9-18(10-12-19)17-25-21(28)13-14-22(29)27(16-6-15-24)20-7-4-3-5-8-20/h3-5,7-12H,6,13-14,16-17H2,1-2H3,(H,25,28). The van der Waals surface area contributed by atoms with Gasteiger partial charge in [0.25, 0.3) is 5.91 Å². The molecule has 0 aliphatic rings. The smallest absolute Gasteiger partial charge is 0.253 e. The van der Waals surface area contributed by atoms with E-state index in [1.807, 2.05) is 24.3 Å². The predicted molar refractivity (Wildman–Crippen MR) is 115 cm³/mol. The van der Waals surface area contributed by atoms with Crippen molar-refractivity contribution in [3.8, 4) is 6.07 Å². The van der Waals surface area contributed by atoms with Crippen molar-refractivity contribution in [2.75, 3.05) is 25.5 Å². The Morgan fingerprint density at radius 3 is 2.23 bits per heavy atom. The minimum absolute atomic E-state index is 0.0580. The van der Waals surface area contributed by atoms with Gasteiger partial charge in [0.2, 0.25) is 11.8 Å². The summed E-state index contributed by atoms with van der Waals surface area (Å²) in [5.74, 6) is -0.508. The summed E-state index contributed by atoms with van der Waals surface area (Å²) >= 11 is 0. The maximum Gasteiger partial charge on any atom is 0.253 e. The molecule has 0 radical (unpaired) electrons. The second-order valence-electron chi connectivity index (χ2n) is 6.96. The highest BCUT2D eigenvalue weighted by molar-refractivity contribution is 5.95. The lowest BCUT2D eigenvalue weighted by molar-refractivity contribution is -0.125. The number of carbonyl (C=O) groups is 3. The Hall–Kier alpha value is -3.66. The molecule has 0 saturated heterocycles. The average Bonchev–Trinajstić information content (AvgIpc) is 2.77. The van der Waals surface area contributed by atoms with Crippen molar-refractivity contribution in [1.29, 1.82) is 5.26 Å². The van der Waals surface area contributed by atoms with Crippen molar-refractivity contribution in [1.82, 2.24) is 10.2 Å². The highest BCUT2D eigenvalue weighted by atomic mass is 16.2. The zero-order valence-electron chi connectivity index (χ0n) is 17.3. The molecule has 0 saturated carbocycles. The van der Waals surface area contributed by atoms with Crippen molar-refractivity contribution in [3.05, 3.63) is 65.7 Å². The molecule has 0 atom stereocenters. The first-order valence-corrected chi connectivity index (χ1v) is 9.72.